The van der Waals surface area contributed by atoms with E-state index in [1.54, 1.807) is 18.3 Å². The molecular formula is C18H17N5O. The number of phenolic OH excluding ortho intramolecular Hbond substituents is 1. The van der Waals surface area contributed by atoms with Crippen molar-refractivity contribution >= 4 is 22.5 Å². The van der Waals surface area contributed by atoms with Gasteiger partial charge >= 0.3 is 0 Å². The molecule has 6 heteroatoms. The average Bonchev–Trinajstić information content (AvgIpc) is 3.05. The molecule has 2 aromatic carbocycles. The number of nitrogens with one attached hydrogen (secondary N) is 1. The van der Waals surface area contributed by atoms with Crippen LogP contribution in [0, 0.1) is 0 Å². The lowest BCUT2D eigenvalue weighted by Gasteiger charge is -2.11. The van der Waals surface area contributed by atoms with Gasteiger partial charge in [-0.2, -0.15) is 0 Å². The highest BCUT2D eigenvalue weighted by atomic mass is 16.3. The van der Waals surface area contributed by atoms with Crippen molar-refractivity contribution in [3.8, 4) is 17.0 Å². The van der Waals surface area contributed by atoms with Crippen molar-refractivity contribution in [3.63, 3.8) is 0 Å². The second kappa shape index (κ2) is 5.82. The molecule has 0 fully saturated rings. The number of rotatable bonds is 4. The van der Waals surface area contributed by atoms with Crippen molar-refractivity contribution in [2.24, 2.45) is 5.73 Å². The van der Waals surface area contributed by atoms with Crippen molar-refractivity contribution in [1.82, 2.24) is 14.4 Å². The molecule has 0 saturated heterocycles. The Kier molecular flexibility index (Phi) is 3.51. The van der Waals surface area contributed by atoms with Crippen LogP contribution in [0.5, 0.6) is 5.75 Å². The van der Waals surface area contributed by atoms with Gasteiger partial charge in [-0.15, -0.1) is 0 Å². The Bertz CT molecular complexity index is 1020. The van der Waals surface area contributed by atoms with E-state index < -0.39 is 0 Å². The summed E-state index contributed by atoms with van der Waals surface area (Å²) in [6.45, 7) is 1.14. The summed E-state index contributed by atoms with van der Waals surface area (Å²) in [7, 11) is 0. The van der Waals surface area contributed by atoms with Gasteiger partial charge in [0.1, 0.15) is 5.75 Å². The Balaban J connectivity index is 2.04. The quantitative estimate of drug-likeness (QED) is 0.538. The summed E-state index contributed by atoms with van der Waals surface area (Å²) in [5.74, 6) is 0.924. The third-order valence-corrected chi connectivity index (χ3v) is 3.91. The predicted octanol–water partition coefficient (Wildman–Crippen LogP) is 2.63. The predicted molar refractivity (Wildman–Crippen MR) is 95.1 cm³/mol. The van der Waals surface area contributed by atoms with E-state index in [2.05, 4.69) is 19.7 Å². The van der Waals surface area contributed by atoms with Crippen LogP contribution >= 0.6 is 0 Å². The van der Waals surface area contributed by atoms with Crippen LogP contribution in [0.2, 0.25) is 0 Å². The summed E-state index contributed by atoms with van der Waals surface area (Å²) in [6.07, 6.45) is 1.80. The molecular weight excluding hydrogens is 302 g/mol. The number of nitrogens with zero attached hydrogens (tertiary/aromatic N) is 3. The van der Waals surface area contributed by atoms with Crippen molar-refractivity contribution in [3.05, 3.63) is 54.7 Å². The number of hydrogen-bond donors (Lipinski definition) is 3. The zero-order valence-electron chi connectivity index (χ0n) is 13.0. The Morgan fingerprint density at radius 1 is 1.12 bits per heavy atom. The molecule has 120 valence electrons. The fourth-order valence-electron chi connectivity index (χ4n) is 2.86. The van der Waals surface area contributed by atoms with Gasteiger partial charge in [0, 0.05) is 18.7 Å². The molecule has 0 amide bonds. The molecule has 0 unspecified atom stereocenters. The van der Waals surface area contributed by atoms with Crippen molar-refractivity contribution < 1.29 is 5.11 Å². The molecule has 4 rings (SSSR count). The van der Waals surface area contributed by atoms with Crippen LogP contribution in [-0.2, 0) is 0 Å². The Labute approximate surface area is 138 Å². The maximum absolute atomic E-state index is 9.80. The Morgan fingerprint density at radius 3 is 2.83 bits per heavy atom. The molecule has 0 aliphatic rings. The molecule has 24 heavy (non-hydrogen) atoms. The lowest BCUT2D eigenvalue weighted by atomic mass is 10.1. The molecule has 0 aliphatic heterocycles. The van der Waals surface area contributed by atoms with Crippen LogP contribution < -0.4 is 11.1 Å². The number of nitrogens with two attached hydrogens (primary N) is 1. The van der Waals surface area contributed by atoms with E-state index in [1.165, 1.54) is 0 Å². The van der Waals surface area contributed by atoms with Crippen LogP contribution in [0.3, 0.4) is 0 Å². The maximum atomic E-state index is 9.80. The number of fused-ring (bicyclic) bond motifs is 3. The highest BCUT2D eigenvalue weighted by Crippen LogP contribution is 2.29. The molecule has 0 bridgehead atoms. The summed E-state index contributed by atoms with van der Waals surface area (Å²) in [6, 6.07) is 15.1. The first-order chi connectivity index (χ1) is 11.8. The van der Waals surface area contributed by atoms with Crippen molar-refractivity contribution in [1.29, 1.82) is 0 Å². The smallest absolute Gasteiger partial charge is 0.181 e. The number of aromatic hydroxyl groups is 1. The summed E-state index contributed by atoms with van der Waals surface area (Å²) < 4.78 is 2.05. The lowest BCUT2D eigenvalue weighted by molar-refractivity contribution is 0.475. The van der Waals surface area contributed by atoms with Gasteiger partial charge in [0.2, 0.25) is 0 Å². The molecule has 4 N–H and O–H groups in total. The summed E-state index contributed by atoms with van der Waals surface area (Å²) >= 11 is 0. The highest BCUT2D eigenvalue weighted by Gasteiger charge is 2.14. The Hall–Kier alpha value is -3.12. The number of aromatic nitrogens is 3. The van der Waals surface area contributed by atoms with E-state index in [4.69, 9.17) is 5.73 Å². The minimum atomic E-state index is 0.224. The summed E-state index contributed by atoms with van der Waals surface area (Å²) in [5.41, 5.74) is 9.95. The molecule has 0 aliphatic carbocycles. The van der Waals surface area contributed by atoms with Gasteiger partial charge in [-0.1, -0.05) is 24.3 Å². The zero-order valence-corrected chi connectivity index (χ0v) is 13.0. The van der Waals surface area contributed by atoms with E-state index in [1.807, 2.05) is 36.4 Å². The second-order valence-corrected chi connectivity index (χ2v) is 5.52. The highest BCUT2D eigenvalue weighted by molar-refractivity contribution is 5.86. The van der Waals surface area contributed by atoms with Crippen LogP contribution in [0.25, 0.3) is 27.9 Å². The fraction of sp³-hybridized carbons (Fsp3) is 0.111. The molecule has 0 atom stereocenters. The molecule has 4 aromatic rings. The summed E-state index contributed by atoms with van der Waals surface area (Å²) in [5, 5.41) is 13.0. The van der Waals surface area contributed by atoms with E-state index >= 15 is 0 Å². The van der Waals surface area contributed by atoms with E-state index in [0.29, 0.717) is 18.9 Å². The largest absolute Gasteiger partial charge is 0.508 e. The SMILES string of the molecule is NCCNc1nc2ccccc2n2c(-c3cccc(O)c3)cnc12. The molecule has 6 nitrogen and oxygen atoms in total. The van der Waals surface area contributed by atoms with Crippen LogP contribution in [0.4, 0.5) is 5.82 Å². The van der Waals surface area contributed by atoms with Gasteiger partial charge < -0.3 is 16.2 Å². The van der Waals surface area contributed by atoms with Crippen LogP contribution in [0.15, 0.2) is 54.7 Å². The molecule has 0 radical (unpaired) electrons. The fourth-order valence-corrected chi connectivity index (χ4v) is 2.86. The van der Waals surface area contributed by atoms with Crippen LogP contribution in [-0.4, -0.2) is 32.6 Å². The standard InChI is InChI=1S/C18H17N5O/c19-8-9-20-17-18-21-11-16(12-4-3-5-13(24)10-12)23(18)15-7-2-1-6-14(15)22-17/h1-7,10-11,24H,8-9,19H2,(H,20,22). The maximum Gasteiger partial charge on any atom is 0.181 e. The topological polar surface area (TPSA) is 88.5 Å². The van der Waals surface area contributed by atoms with E-state index in [-0.39, 0.29) is 5.75 Å². The first kappa shape index (κ1) is 14.5. The number of phenols is 1. The third kappa shape index (κ3) is 2.33. The lowest BCUT2D eigenvalue weighted by Crippen LogP contribution is -2.15. The molecule has 2 heterocycles. The molecule has 2 aromatic heterocycles. The van der Waals surface area contributed by atoms with Crippen LogP contribution in [0.1, 0.15) is 0 Å². The minimum Gasteiger partial charge on any atom is -0.508 e. The number of imidazole rings is 1. The van der Waals surface area contributed by atoms with E-state index in [9.17, 15) is 5.11 Å². The number of para-hydroxylation sites is 2. The van der Waals surface area contributed by atoms with Gasteiger partial charge in [-0.3, -0.25) is 4.40 Å². The third-order valence-electron chi connectivity index (χ3n) is 3.91. The first-order valence-corrected chi connectivity index (χ1v) is 7.77. The monoisotopic (exact) mass is 319 g/mol. The second-order valence-electron chi connectivity index (χ2n) is 5.52. The van der Waals surface area contributed by atoms with Gasteiger partial charge in [0.15, 0.2) is 11.5 Å². The van der Waals surface area contributed by atoms with Crippen molar-refractivity contribution in [2.75, 3.05) is 18.4 Å². The average molecular weight is 319 g/mol. The van der Waals surface area contributed by atoms with Gasteiger partial charge in [0.05, 0.1) is 22.9 Å². The summed E-state index contributed by atoms with van der Waals surface area (Å²) in [4.78, 5) is 9.21. The van der Waals surface area contributed by atoms with Gasteiger partial charge in [0.25, 0.3) is 0 Å². The minimum absolute atomic E-state index is 0.224. The van der Waals surface area contributed by atoms with Gasteiger partial charge in [-0.25, -0.2) is 9.97 Å². The molecule has 0 saturated carbocycles. The first-order valence-electron chi connectivity index (χ1n) is 7.77. The number of benzene rings is 2. The van der Waals surface area contributed by atoms with E-state index in [0.717, 1.165) is 27.9 Å². The molecule has 0 spiro atoms. The zero-order chi connectivity index (χ0) is 16.5. The Morgan fingerprint density at radius 2 is 2.00 bits per heavy atom. The normalized spacial score (nSPS) is 11.2. The number of hydrogen-bond acceptors (Lipinski definition) is 5. The van der Waals surface area contributed by atoms with Gasteiger partial charge in [-0.05, 0) is 24.3 Å². The van der Waals surface area contributed by atoms with Crippen molar-refractivity contribution in [2.45, 2.75) is 0 Å². The number of anilines is 1.